The molecule has 0 atom stereocenters. The van der Waals surface area contributed by atoms with Gasteiger partial charge in [-0.3, -0.25) is 9.80 Å². The summed E-state index contributed by atoms with van der Waals surface area (Å²) in [5.74, 6) is 0.856. The van der Waals surface area contributed by atoms with E-state index in [0.717, 1.165) is 50.6 Å². The summed E-state index contributed by atoms with van der Waals surface area (Å²) < 4.78 is 30.0. The fraction of sp³-hybridized carbons (Fsp3) is 0.600. The average molecular weight is 362 g/mol. The molecule has 1 aliphatic rings. The van der Waals surface area contributed by atoms with Crippen LogP contribution in [0, 0.1) is 0 Å². The van der Waals surface area contributed by atoms with Gasteiger partial charge in [-0.1, -0.05) is 11.6 Å². The number of methoxy groups -OCH3 is 1. The van der Waals surface area contributed by atoms with E-state index in [0.29, 0.717) is 11.6 Å². The summed E-state index contributed by atoms with van der Waals surface area (Å²) in [6, 6.07) is 5.67. The maximum absolute atomic E-state index is 11.1. The zero-order chi connectivity index (χ0) is 16.9. The number of nitrogens with zero attached hydrogens (tertiary/aromatic N) is 2. The lowest BCUT2D eigenvalue weighted by Gasteiger charge is -2.34. The third-order valence-electron chi connectivity index (χ3n) is 3.89. The first kappa shape index (κ1) is 18.5. The average Bonchev–Trinajstić information content (AvgIpc) is 2.48. The van der Waals surface area contributed by atoms with Crippen LogP contribution in [0.2, 0.25) is 5.02 Å². The Kier molecular flexibility index (Phi) is 6.67. The van der Waals surface area contributed by atoms with Crippen LogP contribution in [0.1, 0.15) is 5.56 Å². The van der Waals surface area contributed by atoms with Gasteiger partial charge in [-0.15, -0.1) is 0 Å². The summed E-state index contributed by atoms with van der Waals surface area (Å²) in [4.78, 5) is 4.62. The van der Waals surface area contributed by atoms with Crippen molar-refractivity contribution in [2.24, 2.45) is 0 Å². The van der Waals surface area contributed by atoms with Crippen LogP contribution in [-0.4, -0.2) is 70.9 Å². The van der Waals surface area contributed by atoms with Crippen LogP contribution in [-0.2, 0) is 16.6 Å². The van der Waals surface area contributed by atoms with E-state index in [2.05, 4.69) is 14.5 Å². The Balaban J connectivity index is 1.80. The van der Waals surface area contributed by atoms with E-state index in [4.69, 9.17) is 16.3 Å². The number of piperazine rings is 1. The lowest BCUT2D eigenvalue weighted by atomic mass is 10.1. The van der Waals surface area contributed by atoms with Crippen molar-refractivity contribution in [3.8, 4) is 5.75 Å². The molecular weight excluding hydrogens is 338 g/mol. The predicted octanol–water partition coefficient (Wildman–Crippen LogP) is 1.02. The minimum atomic E-state index is -3.10. The summed E-state index contributed by atoms with van der Waals surface area (Å²) in [6.07, 6.45) is 1.18. The molecule has 0 saturated carbocycles. The molecule has 130 valence electrons. The van der Waals surface area contributed by atoms with Gasteiger partial charge in [-0.05, 0) is 18.2 Å². The van der Waals surface area contributed by atoms with Crippen LogP contribution in [0.25, 0.3) is 0 Å². The number of hydrogen-bond acceptors (Lipinski definition) is 5. The van der Waals surface area contributed by atoms with E-state index in [1.165, 1.54) is 6.26 Å². The van der Waals surface area contributed by atoms with Gasteiger partial charge in [0.25, 0.3) is 0 Å². The first-order valence-electron chi connectivity index (χ1n) is 7.59. The quantitative estimate of drug-likeness (QED) is 0.785. The molecule has 23 heavy (non-hydrogen) atoms. The van der Waals surface area contributed by atoms with Gasteiger partial charge in [0.05, 0.1) is 13.4 Å². The lowest BCUT2D eigenvalue weighted by molar-refractivity contribution is 0.128. The summed E-state index contributed by atoms with van der Waals surface area (Å²) >= 11 is 6.07. The molecule has 1 aliphatic heterocycles. The summed E-state index contributed by atoms with van der Waals surface area (Å²) in [5, 5.41) is 0.714. The third-order valence-corrected chi connectivity index (χ3v) is 4.86. The Morgan fingerprint density at radius 2 is 1.87 bits per heavy atom. The van der Waals surface area contributed by atoms with Crippen molar-refractivity contribution in [3.05, 3.63) is 28.8 Å². The molecule has 2 rings (SSSR count). The molecule has 0 spiro atoms. The maximum Gasteiger partial charge on any atom is 0.208 e. The summed E-state index contributed by atoms with van der Waals surface area (Å²) in [5.41, 5.74) is 1.09. The largest absolute Gasteiger partial charge is 0.496 e. The first-order valence-corrected chi connectivity index (χ1v) is 9.86. The third kappa shape index (κ3) is 6.27. The Labute approximate surface area is 143 Å². The van der Waals surface area contributed by atoms with E-state index < -0.39 is 10.0 Å². The second-order valence-electron chi connectivity index (χ2n) is 5.74. The maximum atomic E-state index is 11.1. The molecule has 1 aromatic carbocycles. The van der Waals surface area contributed by atoms with E-state index in [9.17, 15) is 8.42 Å². The second kappa shape index (κ2) is 8.30. The Hall–Kier alpha value is -0.860. The SMILES string of the molecule is COc1ccc(Cl)cc1CN1CCN(CCNS(C)(=O)=O)CC1. The predicted molar refractivity (Wildman–Crippen MR) is 92.6 cm³/mol. The normalized spacial score (nSPS) is 17.3. The van der Waals surface area contributed by atoms with Crippen molar-refractivity contribution < 1.29 is 13.2 Å². The molecule has 8 heteroatoms. The van der Waals surface area contributed by atoms with Gasteiger partial charge in [0.1, 0.15) is 5.75 Å². The fourth-order valence-electron chi connectivity index (χ4n) is 2.67. The molecular formula is C15H24ClN3O3S. The molecule has 0 bridgehead atoms. The second-order valence-corrected chi connectivity index (χ2v) is 8.01. The standard InChI is InChI=1S/C15H24ClN3O3S/c1-22-15-4-3-14(16)11-13(15)12-19-9-7-18(8-10-19)6-5-17-23(2,20)21/h3-4,11,17H,5-10,12H2,1-2H3. The number of ether oxygens (including phenoxy) is 1. The van der Waals surface area contributed by atoms with Crippen LogP contribution in [0.3, 0.4) is 0 Å². The summed E-state index contributed by atoms with van der Waals surface area (Å²) in [6.45, 7) is 5.73. The topological polar surface area (TPSA) is 61.9 Å². The number of nitrogens with one attached hydrogen (secondary N) is 1. The monoisotopic (exact) mass is 361 g/mol. The first-order chi connectivity index (χ1) is 10.9. The molecule has 1 fully saturated rings. The van der Waals surface area contributed by atoms with Crippen LogP contribution < -0.4 is 9.46 Å². The highest BCUT2D eigenvalue weighted by Crippen LogP contribution is 2.24. The van der Waals surface area contributed by atoms with E-state index in [-0.39, 0.29) is 0 Å². The van der Waals surface area contributed by atoms with Crippen LogP contribution >= 0.6 is 11.6 Å². The Morgan fingerprint density at radius 3 is 2.48 bits per heavy atom. The molecule has 0 unspecified atom stereocenters. The molecule has 6 nitrogen and oxygen atoms in total. The van der Waals surface area contributed by atoms with E-state index in [1.807, 2.05) is 18.2 Å². The molecule has 0 aromatic heterocycles. The highest BCUT2D eigenvalue weighted by molar-refractivity contribution is 7.88. The molecule has 1 heterocycles. The Bertz CT molecular complexity index is 616. The molecule has 1 aromatic rings. The summed E-state index contributed by atoms with van der Waals surface area (Å²) in [7, 11) is -1.44. The fourth-order valence-corrected chi connectivity index (χ4v) is 3.33. The molecule has 1 saturated heterocycles. The highest BCUT2D eigenvalue weighted by Gasteiger charge is 2.18. The molecule has 0 amide bonds. The molecule has 0 aliphatic carbocycles. The zero-order valence-electron chi connectivity index (χ0n) is 13.6. The van der Waals surface area contributed by atoms with Crippen molar-refractivity contribution in [3.63, 3.8) is 0 Å². The number of benzene rings is 1. The lowest BCUT2D eigenvalue weighted by Crippen LogP contribution is -2.47. The smallest absolute Gasteiger partial charge is 0.208 e. The number of rotatable bonds is 7. The minimum Gasteiger partial charge on any atom is -0.496 e. The van der Waals surface area contributed by atoms with Crippen molar-refractivity contribution >= 4 is 21.6 Å². The van der Waals surface area contributed by atoms with Gasteiger partial charge in [0.15, 0.2) is 0 Å². The van der Waals surface area contributed by atoms with Gasteiger partial charge in [0, 0.05) is 56.4 Å². The van der Waals surface area contributed by atoms with Gasteiger partial charge in [-0.2, -0.15) is 0 Å². The van der Waals surface area contributed by atoms with E-state index in [1.54, 1.807) is 7.11 Å². The number of hydrogen-bond donors (Lipinski definition) is 1. The number of sulfonamides is 1. The van der Waals surface area contributed by atoms with Gasteiger partial charge in [-0.25, -0.2) is 13.1 Å². The van der Waals surface area contributed by atoms with Crippen LogP contribution in [0.15, 0.2) is 18.2 Å². The zero-order valence-corrected chi connectivity index (χ0v) is 15.2. The van der Waals surface area contributed by atoms with Gasteiger partial charge in [0.2, 0.25) is 10.0 Å². The van der Waals surface area contributed by atoms with Crippen LogP contribution in [0.4, 0.5) is 0 Å². The molecule has 1 N–H and O–H groups in total. The highest BCUT2D eigenvalue weighted by atomic mass is 35.5. The number of halogens is 1. The van der Waals surface area contributed by atoms with E-state index >= 15 is 0 Å². The van der Waals surface area contributed by atoms with Crippen LogP contribution in [0.5, 0.6) is 5.75 Å². The van der Waals surface area contributed by atoms with Crippen molar-refractivity contribution in [2.45, 2.75) is 6.54 Å². The Morgan fingerprint density at radius 1 is 1.22 bits per heavy atom. The van der Waals surface area contributed by atoms with Gasteiger partial charge >= 0.3 is 0 Å². The minimum absolute atomic E-state index is 0.459. The molecule has 0 radical (unpaired) electrons. The van der Waals surface area contributed by atoms with Crippen molar-refractivity contribution in [1.29, 1.82) is 0 Å². The van der Waals surface area contributed by atoms with Crippen molar-refractivity contribution in [1.82, 2.24) is 14.5 Å². The van der Waals surface area contributed by atoms with Crippen molar-refractivity contribution in [2.75, 3.05) is 52.6 Å². The van der Waals surface area contributed by atoms with Gasteiger partial charge < -0.3 is 4.74 Å².